The zero-order valence-corrected chi connectivity index (χ0v) is 11.1. The van der Waals surface area contributed by atoms with E-state index in [-0.39, 0.29) is 6.03 Å². The van der Waals surface area contributed by atoms with Crippen LogP contribution in [-0.2, 0) is 0 Å². The van der Waals surface area contributed by atoms with Crippen molar-refractivity contribution in [3.63, 3.8) is 0 Å². The largest absolute Gasteiger partial charge is 0.325 e. The highest BCUT2D eigenvalue weighted by molar-refractivity contribution is 5.75. The maximum absolute atomic E-state index is 12.2. The van der Waals surface area contributed by atoms with Crippen molar-refractivity contribution in [2.24, 2.45) is 0 Å². The fraction of sp³-hybridized carbons (Fsp3) is 0.917. The lowest BCUT2D eigenvalue weighted by atomic mass is 10.2. The Morgan fingerprint density at radius 3 is 2.44 bits per heavy atom. The second kappa shape index (κ2) is 6.09. The van der Waals surface area contributed by atoms with Crippen LogP contribution in [0.3, 0.4) is 0 Å². The van der Waals surface area contributed by atoms with E-state index in [1.54, 1.807) is 0 Å². The molecule has 0 saturated carbocycles. The minimum Gasteiger partial charge on any atom is -0.325 e. The van der Waals surface area contributed by atoms with Gasteiger partial charge in [0.05, 0.1) is 0 Å². The van der Waals surface area contributed by atoms with Gasteiger partial charge in [-0.3, -0.25) is 0 Å². The molecule has 0 radical (unpaired) electrons. The van der Waals surface area contributed by atoms with Crippen molar-refractivity contribution in [3.8, 4) is 0 Å². The van der Waals surface area contributed by atoms with Crippen LogP contribution in [-0.4, -0.2) is 67.0 Å². The molecule has 0 spiro atoms. The van der Waals surface area contributed by atoms with Crippen molar-refractivity contribution in [2.45, 2.75) is 32.7 Å². The van der Waals surface area contributed by atoms with Gasteiger partial charge in [-0.1, -0.05) is 0 Å². The first-order valence-electron chi connectivity index (χ1n) is 6.30. The Bertz CT molecular complexity index is 226. The molecule has 16 heavy (non-hydrogen) atoms. The minimum absolute atomic E-state index is 0.217. The van der Waals surface area contributed by atoms with Gasteiger partial charge in [0.2, 0.25) is 0 Å². The quantitative estimate of drug-likeness (QED) is 0.727. The molecular formula is C12H25N3O. The summed E-state index contributed by atoms with van der Waals surface area (Å²) < 4.78 is 0. The molecule has 0 aromatic carbocycles. The summed E-state index contributed by atoms with van der Waals surface area (Å²) in [4.78, 5) is 18.4. The molecule has 1 rings (SSSR count). The summed E-state index contributed by atoms with van der Waals surface area (Å²) in [7, 11) is 4.14. The highest BCUT2D eigenvalue weighted by Crippen LogP contribution is 2.19. The Hall–Kier alpha value is -0.770. The highest BCUT2D eigenvalue weighted by atomic mass is 16.2. The van der Waals surface area contributed by atoms with Crippen LogP contribution in [0.2, 0.25) is 0 Å². The predicted octanol–water partition coefficient (Wildman–Crippen LogP) is 1.47. The lowest BCUT2D eigenvalue weighted by Gasteiger charge is -2.31. The Morgan fingerprint density at radius 2 is 1.94 bits per heavy atom. The molecule has 0 aromatic rings. The Kier molecular flexibility index (Phi) is 5.06. The van der Waals surface area contributed by atoms with Crippen molar-refractivity contribution in [1.29, 1.82) is 0 Å². The van der Waals surface area contributed by atoms with Crippen LogP contribution in [0.25, 0.3) is 0 Å². The summed E-state index contributed by atoms with van der Waals surface area (Å²) in [5.74, 6) is 0. The van der Waals surface area contributed by atoms with Gasteiger partial charge in [-0.2, -0.15) is 0 Å². The molecule has 1 aliphatic rings. The van der Waals surface area contributed by atoms with Gasteiger partial charge >= 0.3 is 6.03 Å². The van der Waals surface area contributed by atoms with Gasteiger partial charge in [-0.15, -0.1) is 0 Å². The van der Waals surface area contributed by atoms with Crippen LogP contribution >= 0.6 is 0 Å². The van der Waals surface area contributed by atoms with Gasteiger partial charge in [0.1, 0.15) is 0 Å². The van der Waals surface area contributed by atoms with Gasteiger partial charge in [0.15, 0.2) is 0 Å². The number of urea groups is 1. The van der Waals surface area contributed by atoms with E-state index >= 15 is 0 Å². The van der Waals surface area contributed by atoms with Gasteiger partial charge in [-0.25, -0.2) is 4.79 Å². The van der Waals surface area contributed by atoms with E-state index in [9.17, 15) is 4.79 Å². The molecule has 0 N–H and O–H groups in total. The molecule has 1 atom stereocenters. The fourth-order valence-electron chi connectivity index (χ4n) is 2.37. The van der Waals surface area contributed by atoms with E-state index in [4.69, 9.17) is 0 Å². The third-order valence-corrected chi connectivity index (χ3v) is 3.23. The van der Waals surface area contributed by atoms with E-state index in [0.717, 1.165) is 39.0 Å². The van der Waals surface area contributed by atoms with Crippen LogP contribution in [0.1, 0.15) is 26.7 Å². The molecule has 1 fully saturated rings. The number of amides is 2. The van der Waals surface area contributed by atoms with Gasteiger partial charge in [-0.05, 0) is 40.8 Å². The molecule has 4 heteroatoms. The molecule has 0 aromatic heterocycles. The van der Waals surface area contributed by atoms with Gasteiger partial charge in [0, 0.05) is 32.2 Å². The van der Waals surface area contributed by atoms with E-state index in [0.29, 0.717) is 6.04 Å². The fourth-order valence-corrected chi connectivity index (χ4v) is 2.37. The van der Waals surface area contributed by atoms with Crippen LogP contribution < -0.4 is 0 Å². The van der Waals surface area contributed by atoms with E-state index in [1.807, 2.05) is 23.6 Å². The molecule has 0 bridgehead atoms. The molecule has 0 aliphatic carbocycles. The second-order valence-electron chi connectivity index (χ2n) is 4.71. The van der Waals surface area contributed by atoms with Gasteiger partial charge < -0.3 is 14.7 Å². The maximum atomic E-state index is 12.2. The summed E-state index contributed by atoms with van der Waals surface area (Å²) >= 11 is 0. The predicted molar refractivity (Wildman–Crippen MR) is 66.6 cm³/mol. The average molecular weight is 227 g/mol. The lowest BCUT2D eigenvalue weighted by Crippen LogP contribution is -2.48. The molecule has 1 aliphatic heterocycles. The first-order valence-corrected chi connectivity index (χ1v) is 6.30. The second-order valence-corrected chi connectivity index (χ2v) is 4.71. The number of likely N-dealkylation sites (N-methyl/N-ethyl adjacent to an activating group) is 1. The molecule has 1 saturated heterocycles. The van der Waals surface area contributed by atoms with Crippen molar-refractivity contribution in [1.82, 2.24) is 14.7 Å². The molecule has 94 valence electrons. The van der Waals surface area contributed by atoms with Crippen LogP contribution in [0.4, 0.5) is 4.79 Å². The first-order chi connectivity index (χ1) is 7.60. The van der Waals surface area contributed by atoms with E-state index in [2.05, 4.69) is 19.0 Å². The third-order valence-electron chi connectivity index (χ3n) is 3.23. The van der Waals surface area contributed by atoms with E-state index < -0.39 is 0 Å². The summed E-state index contributed by atoms with van der Waals surface area (Å²) in [6.45, 7) is 7.60. The molecule has 1 unspecified atom stereocenters. The zero-order valence-electron chi connectivity index (χ0n) is 11.1. The zero-order chi connectivity index (χ0) is 12.1. The average Bonchev–Trinajstić information content (AvgIpc) is 2.66. The number of carbonyl (C=O) groups is 1. The summed E-state index contributed by atoms with van der Waals surface area (Å²) in [5, 5.41) is 0. The number of nitrogens with zero attached hydrogens (tertiary/aromatic N) is 3. The first kappa shape index (κ1) is 13.3. The Labute approximate surface area is 99.2 Å². The summed E-state index contributed by atoms with van der Waals surface area (Å²) in [6.07, 6.45) is 2.29. The minimum atomic E-state index is 0.217. The highest BCUT2D eigenvalue weighted by Gasteiger charge is 2.30. The van der Waals surface area contributed by atoms with Crippen LogP contribution in [0.15, 0.2) is 0 Å². The van der Waals surface area contributed by atoms with Gasteiger partial charge in [0.25, 0.3) is 0 Å². The third kappa shape index (κ3) is 3.11. The number of carbonyl (C=O) groups excluding carboxylic acids is 1. The summed E-state index contributed by atoms with van der Waals surface area (Å²) in [5.41, 5.74) is 0. The Morgan fingerprint density at radius 1 is 1.31 bits per heavy atom. The van der Waals surface area contributed by atoms with Crippen molar-refractivity contribution < 1.29 is 4.79 Å². The van der Waals surface area contributed by atoms with Crippen LogP contribution in [0.5, 0.6) is 0 Å². The van der Waals surface area contributed by atoms with Crippen LogP contribution in [0, 0.1) is 0 Å². The maximum Gasteiger partial charge on any atom is 0.320 e. The topological polar surface area (TPSA) is 26.8 Å². The number of hydrogen-bond acceptors (Lipinski definition) is 2. The van der Waals surface area contributed by atoms with Crippen molar-refractivity contribution in [3.05, 3.63) is 0 Å². The molecular weight excluding hydrogens is 202 g/mol. The normalized spacial score (nSPS) is 20.6. The monoisotopic (exact) mass is 227 g/mol. The molecule has 2 amide bonds. The molecule has 1 heterocycles. The Balaban J connectivity index is 2.59. The van der Waals surface area contributed by atoms with Crippen molar-refractivity contribution in [2.75, 3.05) is 40.3 Å². The number of likely N-dealkylation sites (tertiary alicyclic amines) is 1. The standard InChI is InChI=1S/C12H25N3O/c1-5-14(6-2)12(16)15-9-7-8-11(15)10-13(3)4/h11H,5-10H2,1-4H3. The van der Waals surface area contributed by atoms with Crippen molar-refractivity contribution >= 4 is 6.03 Å². The number of hydrogen-bond donors (Lipinski definition) is 0. The van der Waals surface area contributed by atoms with E-state index in [1.165, 1.54) is 0 Å². The lowest BCUT2D eigenvalue weighted by molar-refractivity contribution is 0.144. The summed E-state index contributed by atoms with van der Waals surface area (Å²) in [6, 6.07) is 0.623. The number of rotatable bonds is 4. The molecule has 4 nitrogen and oxygen atoms in total. The SMILES string of the molecule is CCN(CC)C(=O)N1CCCC1CN(C)C. The smallest absolute Gasteiger partial charge is 0.320 e.